The van der Waals surface area contributed by atoms with E-state index in [1.54, 1.807) is 0 Å². The van der Waals surface area contributed by atoms with Crippen LogP contribution in [0.2, 0.25) is 0 Å². The van der Waals surface area contributed by atoms with Crippen LogP contribution in [0.4, 0.5) is 0 Å². The molecule has 2 aromatic carbocycles. The van der Waals surface area contributed by atoms with Crippen molar-refractivity contribution in [1.82, 2.24) is 4.90 Å². The van der Waals surface area contributed by atoms with E-state index in [-0.39, 0.29) is 25.2 Å². The lowest BCUT2D eigenvalue weighted by atomic mass is 10.0. The Morgan fingerprint density at radius 1 is 1.00 bits per heavy atom. The maximum Gasteiger partial charge on any atom is 0.320 e. The molecule has 0 aliphatic heterocycles. The fraction of sp³-hybridized carbons (Fsp3) is 0.409. The summed E-state index contributed by atoms with van der Waals surface area (Å²) in [5, 5.41) is 9.99. The zero-order valence-corrected chi connectivity index (χ0v) is 15.9. The van der Waals surface area contributed by atoms with Gasteiger partial charge in [-0.25, -0.2) is 0 Å². The summed E-state index contributed by atoms with van der Waals surface area (Å²) in [6.07, 6.45) is 0.674. The highest BCUT2D eigenvalue weighted by Gasteiger charge is 2.24. The number of rotatable bonds is 8. The van der Waals surface area contributed by atoms with Crippen LogP contribution in [-0.2, 0) is 22.5 Å². The molecule has 0 amide bonds. The van der Waals surface area contributed by atoms with Crippen molar-refractivity contribution in [2.24, 2.45) is 0 Å². The van der Waals surface area contributed by atoms with E-state index in [0.717, 1.165) is 11.1 Å². The second kappa shape index (κ2) is 9.51. The molecule has 0 spiro atoms. The van der Waals surface area contributed by atoms with Gasteiger partial charge < -0.3 is 9.84 Å². The highest BCUT2D eigenvalue weighted by molar-refractivity contribution is 5.72. The third-order valence-corrected chi connectivity index (χ3v) is 4.02. The largest absolute Gasteiger partial charge is 0.459 e. The van der Waals surface area contributed by atoms with Gasteiger partial charge in [0.15, 0.2) is 0 Å². The second-order valence-corrected chi connectivity index (χ2v) is 7.50. The van der Waals surface area contributed by atoms with E-state index in [1.807, 2.05) is 86.3 Å². The van der Waals surface area contributed by atoms with Crippen LogP contribution in [0.1, 0.15) is 31.9 Å². The molecule has 0 aromatic heterocycles. The van der Waals surface area contributed by atoms with Gasteiger partial charge in [0, 0.05) is 12.6 Å². The number of benzene rings is 2. The lowest BCUT2D eigenvalue weighted by Gasteiger charge is -2.31. The molecule has 1 N–H and O–H groups in total. The molecule has 140 valence electrons. The highest BCUT2D eigenvalue weighted by atomic mass is 16.6. The zero-order valence-electron chi connectivity index (χ0n) is 15.9. The summed E-state index contributed by atoms with van der Waals surface area (Å²) in [5.74, 6) is -0.278. The van der Waals surface area contributed by atoms with Gasteiger partial charge in [-0.3, -0.25) is 9.69 Å². The number of nitrogens with zero attached hydrogens (tertiary/aromatic N) is 1. The topological polar surface area (TPSA) is 49.8 Å². The molecule has 1 unspecified atom stereocenters. The summed E-state index contributed by atoms with van der Waals surface area (Å²) in [6, 6.07) is 19.8. The second-order valence-electron chi connectivity index (χ2n) is 7.50. The number of esters is 1. The van der Waals surface area contributed by atoms with Gasteiger partial charge in [-0.1, -0.05) is 60.7 Å². The van der Waals surface area contributed by atoms with Crippen LogP contribution in [0.15, 0.2) is 60.7 Å². The first-order chi connectivity index (χ1) is 12.4. The summed E-state index contributed by atoms with van der Waals surface area (Å²) in [5.41, 5.74) is 1.71. The van der Waals surface area contributed by atoms with Crippen molar-refractivity contribution in [3.8, 4) is 0 Å². The highest BCUT2D eigenvalue weighted by Crippen LogP contribution is 2.15. The minimum Gasteiger partial charge on any atom is -0.459 e. The number of ether oxygens (including phenoxy) is 1. The van der Waals surface area contributed by atoms with Gasteiger partial charge in [-0.2, -0.15) is 0 Å². The Bertz CT molecular complexity index is 665. The van der Waals surface area contributed by atoms with Crippen molar-refractivity contribution in [2.75, 3.05) is 13.2 Å². The van der Waals surface area contributed by atoms with Crippen LogP contribution in [-0.4, -0.2) is 40.8 Å². The Hall–Kier alpha value is -2.17. The first kappa shape index (κ1) is 20.1. The number of aliphatic hydroxyl groups is 1. The van der Waals surface area contributed by atoms with Gasteiger partial charge in [0.05, 0.1) is 13.2 Å². The summed E-state index contributed by atoms with van der Waals surface area (Å²) >= 11 is 0. The third kappa shape index (κ3) is 6.98. The number of carbonyl (C=O) groups excluding carboxylic acids is 1. The summed E-state index contributed by atoms with van der Waals surface area (Å²) < 4.78 is 5.49. The fourth-order valence-electron chi connectivity index (χ4n) is 2.87. The zero-order chi connectivity index (χ0) is 19.0. The van der Waals surface area contributed by atoms with Gasteiger partial charge in [0.1, 0.15) is 5.60 Å². The van der Waals surface area contributed by atoms with Gasteiger partial charge in [0.25, 0.3) is 0 Å². The quantitative estimate of drug-likeness (QED) is 0.737. The molecule has 0 heterocycles. The van der Waals surface area contributed by atoms with E-state index in [1.165, 1.54) is 0 Å². The van der Waals surface area contributed by atoms with E-state index in [2.05, 4.69) is 0 Å². The van der Waals surface area contributed by atoms with E-state index >= 15 is 0 Å². The summed E-state index contributed by atoms with van der Waals surface area (Å²) in [4.78, 5) is 14.4. The molecular formula is C22H29NO3. The maximum absolute atomic E-state index is 12.4. The van der Waals surface area contributed by atoms with Crippen LogP contribution in [0.25, 0.3) is 0 Å². The predicted octanol–water partition coefficient (Wildman–Crippen LogP) is 3.43. The Morgan fingerprint density at radius 2 is 1.54 bits per heavy atom. The van der Waals surface area contributed by atoms with Gasteiger partial charge in [-0.15, -0.1) is 0 Å². The molecule has 4 nitrogen and oxygen atoms in total. The van der Waals surface area contributed by atoms with Crippen LogP contribution in [0.5, 0.6) is 0 Å². The summed E-state index contributed by atoms with van der Waals surface area (Å²) in [7, 11) is 0. The molecule has 0 radical (unpaired) electrons. The molecule has 0 aliphatic carbocycles. The first-order valence-electron chi connectivity index (χ1n) is 9.02. The van der Waals surface area contributed by atoms with Crippen LogP contribution < -0.4 is 0 Å². The Morgan fingerprint density at radius 3 is 2.04 bits per heavy atom. The molecular weight excluding hydrogens is 326 g/mol. The molecule has 1 atom stereocenters. The van der Waals surface area contributed by atoms with Crippen molar-refractivity contribution in [3.05, 3.63) is 71.8 Å². The van der Waals surface area contributed by atoms with Crippen LogP contribution >= 0.6 is 0 Å². The number of aliphatic hydroxyl groups excluding tert-OH is 1. The van der Waals surface area contributed by atoms with Gasteiger partial charge in [-0.05, 0) is 38.3 Å². The van der Waals surface area contributed by atoms with E-state index < -0.39 is 5.60 Å². The molecule has 2 aromatic rings. The maximum atomic E-state index is 12.4. The molecule has 0 saturated heterocycles. The number of carbonyl (C=O) groups is 1. The smallest absolute Gasteiger partial charge is 0.320 e. The van der Waals surface area contributed by atoms with Crippen LogP contribution in [0.3, 0.4) is 0 Å². The minimum atomic E-state index is -0.524. The number of hydrogen-bond donors (Lipinski definition) is 1. The fourth-order valence-corrected chi connectivity index (χ4v) is 2.87. The molecule has 4 heteroatoms. The molecule has 0 fully saturated rings. The van der Waals surface area contributed by atoms with Crippen molar-refractivity contribution < 1.29 is 14.6 Å². The SMILES string of the molecule is CC(C)(C)OC(=O)CN(Cc1ccccc1)C(CO)Cc1ccccc1. The number of hydrogen-bond acceptors (Lipinski definition) is 4. The normalized spacial score (nSPS) is 12.8. The average molecular weight is 355 g/mol. The Kier molecular flexibility index (Phi) is 7.37. The Labute approximate surface area is 156 Å². The third-order valence-electron chi connectivity index (χ3n) is 4.02. The molecule has 0 saturated carbocycles. The van der Waals surface area contributed by atoms with Crippen molar-refractivity contribution in [2.45, 2.75) is 45.4 Å². The monoisotopic (exact) mass is 355 g/mol. The van der Waals surface area contributed by atoms with Gasteiger partial charge in [0.2, 0.25) is 0 Å². The van der Waals surface area contributed by atoms with E-state index in [9.17, 15) is 9.90 Å². The first-order valence-corrected chi connectivity index (χ1v) is 9.02. The molecule has 26 heavy (non-hydrogen) atoms. The summed E-state index contributed by atoms with van der Waals surface area (Å²) in [6.45, 7) is 6.28. The minimum absolute atomic E-state index is 0.0233. The lowest BCUT2D eigenvalue weighted by Crippen LogP contribution is -2.43. The van der Waals surface area contributed by atoms with Crippen molar-refractivity contribution in [1.29, 1.82) is 0 Å². The van der Waals surface area contributed by atoms with Crippen molar-refractivity contribution >= 4 is 5.97 Å². The standard InChI is InChI=1S/C22H29NO3/c1-22(2,3)26-21(25)16-23(15-19-12-8-5-9-13-19)20(17-24)14-18-10-6-4-7-11-18/h4-13,20,24H,14-17H2,1-3H3. The Balaban J connectivity index is 2.15. The van der Waals surface area contributed by atoms with Crippen LogP contribution in [0, 0.1) is 0 Å². The molecule has 2 rings (SSSR count). The average Bonchev–Trinajstić information content (AvgIpc) is 2.59. The van der Waals surface area contributed by atoms with Crippen molar-refractivity contribution in [3.63, 3.8) is 0 Å². The molecule has 0 aliphatic rings. The lowest BCUT2D eigenvalue weighted by molar-refractivity contribution is -0.157. The molecule has 0 bridgehead atoms. The van der Waals surface area contributed by atoms with E-state index in [4.69, 9.17) is 4.74 Å². The van der Waals surface area contributed by atoms with Gasteiger partial charge >= 0.3 is 5.97 Å². The predicted molar refractivity (Wildman–Crippen MR) is 104 cm³/mol. The van der Waals surface area contributed by atoms with E-state index in [0.29, 0.717) is 13.0 Å².